The Morgan fingerprint density at radius 2 is 1.97 bits per heavy atom. The van der Waals surface area contributed by atoms with E-state index in [1.807, 2.05) is 54.4 Å². The van der Waals surface area contributed by atoms with Crippen molar-refractivity contribution in [3.05, 3.63) is 64.3 Å². The first-order valence-electron chi connectivity index (χ1n) is 8.54. The lowest BCUT2D eigenvalue weighted by molar-refractivity contribution is -0.742. The Hall–Kier alpha value is -3.34. The smallest absolute Gasteiger partial charge is 0.291 e. The largest absolute Gasteiger partial charge is 0.492 e. The standard InChI is InChI=1S/C18H19N3O3S.HNO3/c1-21(16-4-2-3-9-19-16)10-11-24-14-7-5-13(6-8-14)12-15-17(22)20-18(23)25-15;2-1(3)4/h2-9,15H,10-12H2,1H3,(H,20,22,23);(H,2,3,4). The van der Waals surface area contributed by atoms with Crippen LogP contribution in [0, 0.1) is 10.1 Å². The van der Waals surface area contributed by atoms with Crippen LogP contribution in [0.1, 0.15) is 5.56 Å². The summed E-state index contributed by atoms with van der Waals surface area (Å²) in [5.41, 5.74) is 1.00. The van der Waals surface area contributed by atoms with Crippen LogP contribution in [-0.2, 0) is 11.2 Å². The molecule has 154 valence electrons. The third kappa shape index (κ3) is 7.66. The van der Waals surface area contributed by atoms with E-state index in [-0.39, 0.29) is 16.4 Å². The highest BCUT2D eigenvalue weighted by Crippen LogP contribution is 2.23. The van der Waals surface area contributed by atoms with Crippen molar-refractivity contribution in [1.29, 1.82) is 0 Å². The molecule has 2 N–H and O–H groups in total. The van der Waals surface area contributed by atoms with Crippen LogP contribution < -0.4 is 15.0 Å². The molecule has 0 aliphatic carbocycles. The van der Waals surface area contributed by atoms with Crippen molar-refractivity contribution in [3.63, 3.8) is 0 Å². The molecule has 29 heavy (non-hydrogen) atoms. The zero-order valence-electron chi connectivity index (χ0n) is 15.6. The SMILES string of the molecule is CN(CCOc1ccc(CC2SC(=O)NC2=O)cc1)c1ccccn1.O=[N+]([O-])O. The second-order valence-electron chi connectivity index (χ2n) is 5.93. The second-order valence-corrected chi connectivity index (χ2v) is 7.10. The van der Waals surface area contributed by atoms with Gasteiger partial charge in [0.25, 0.3) is 10.3 Å². The summed E-state index contributed by atoms with van der Waals surface area (Å²) in [6.45, 7) is 1.27. The monoisotopic (exact) mass is 420 g/mol. The molecule has 2 amide bonds. The number of pyridine rings is 1. The molecule has 1 saturated heterocycles. The molecule has 1 aliphatic rings. The summed E-state index contributed by atoms with van der Waals surface area (Å²) in [6, 6.07) is 13.4. The van der Waals surface area contributed by atoms with E-state index in [0.29, 0.717) is 13.0 Å². The summed E-state index contributed by atoms with van der Waals surface area (Å²) < 4.78 is 5.75. The quantitative estimate of drug-likeness (QED) is 0.510. The molecule has 1 aromatic heterocycles. The highest BCUT2D eigenvalue weighted by atomic mass is 32.2. The van der Waals surface area contributed by atoms with E-state index in [9.17, 15) is 9.59 Å². The number of amides is 2. The van der Waals surface area contributed by atoms with Gasteiger partial charge in [-0.3, -0.25) is 14.9 Å². The van der Waals surface area contributed by atoms with Gasteiger partial charge >= 0.3 is 0 Å². The van der Waals surface area contributed by atoms with Gasteiger partial charge in [0.05, 0.1) is 11.8 Å². The zero-order valence-corrected chi connectivity index (χ0v) is 16.4. The Morgan fingerprint density at radius 1 is 1.28 bits per heavy atom. The van der Waals surface area contributed by atoms with Gasteiger partial charge in [-0.25, -0.2) is 4.98 Å². The van der Waals surface area contributed by atoms with Crippen molar-refractivity contribution < 1.29 is 24.6 Å². The Kier molecular flexibility index (Phi) is 8.22. The summed E-state index contributed by atoms with van der Waals surface area (Å²) in [5.74, 6) is 1.47. The number of rotatable bonds is 7. The molecule has 0 spiro atoms. The summed E-state index contributed by atoms with van der Waals surface area (Å²) in [6.07, 6.45) is 2.30. The highest BCUT2D eigenvalue weighted by Gasteiger charge is 2.31. The van der Waals surface area contributed by atoms with Crippen molar-refractivity contribution in [2.45, 2.75) is 11.7 Å². The summed E-state index contributed by atoms with van der Waals surface area (Å²) in [5, 5.41) is 15.3. The molecule has 0 radical (unpaired) electrons. The van der Waals surface area contributed by atoms with Gasteiger partial charge in [0.1, 0.15) is 18.2 Å². The minimum atomic E-state index is -1.50. The predicted octanol–water partition coefficient (Wildman–Crippen LogP) is 2.14. The van der Waals surface area contributed by atoms with E-state index in [4.69, 9.17) is 20.1 Å². The maximum atomic E-state index is 11.6. The molecule has 1 aliphatic heterocycles. The lowest BCUT2D eigenvalue weighted by Crippen LogP contribution is -2.25. The van der Waals surface area contributed by atoms with Crippen LogP contribution in [0.25, 0.3) is 0 Å². The molecule has 1 atom stereocenters. The first kappa shape index (κ1) is 22.0. The highest BCUT2D eigenvalue weighted by molar-refractivity contribution is 8.15. The summed E-state index contributed by atoms with van der Waals surface area (Å²) in [7, 11) is 1.97. The van der Waals surface area contributed by atoms with E-state index in [1.54, 1.807) is 6.20 Å². The van der Waals surface area contributed by atoms with Crippen LogP contribution in [-0.4, -0.2) is 51.9 Å². The van der Waals surface area contributed by atoms with Crippen LogP contribution in [0.5, 0.6) is 5.75 Å². The lowest BCUT2D eigenvalue weighted by Gasteiger charge is -2.18. The predicted molar refractivity (Wildman–Crippen MR) is 107 cm³/mol. The third-order valence-corrected chi connectivity index (χ3v) is 4.83. The number of nitrogens with zero attached hydrogens (tertiary/aromatic N) is 3. The number of thioether (sulfide) groups is 1. The number of carbonyl (C=O) groups excluding carboxylic acids is 2. The number of hydrogen-bond donors (Lipinski definition) is 2. The van der Waals surface area contributed by atoms with Crippen molar-refractivity contribution in [2.24, 2.45) is 0 Å². The molecule has 11 heteroatoms. The van der Waals surface area contributed by atoms with Crippen LogP contribution >= 0.6 is 11.8 Å². The van der Waals surface area contributed by atoms with Crippen LogP contribution in [0.2, 0.25) is 0 Å². The Labute approximate surface area is 171 Å². The molecule has 2 heterocycles. The van der Waals surface area contributed by atoms with Crippen LogP contribution in [0.4, 0.5) is 10.6 Å². The normalized spacial score (nSPS) is 15.1. The fraction of sp³-hybridized carbons (Fsp3) is 0.278. The van der Waals surface area contributed by atoms with Crippen molar-refractivity contribution in [2.75, 3.05) is 25.1 Å². The fourth-order valence-electron chi connectivity index (χ4n) is 2.46. The van der Waals surface area contributed by atoms with Crippen LogP contribution in [0.15, 0.2) is 48.7 Å². The summed E-state index contributed by atoms with van der Waals surface area (Å²) >= 11 is 1.05. The second kappa shape index (κ2) is 10.9. The zero-order chi connectivity index (χ0) is 21.2. The van der Waals surface area contributed by atoms with Gasteiger partial charge in [-0.1, -0.05) is 30.0 Å². The molecule has 0 saturated carbocycles. The molecule has 0 bridgehead atoms. The number of benzene rings is 1. The molecule has 3 rings (SSSR count). The molecule has 10 nitrogen and oxygen atoms in total. The number of hydrogen-bond acceptors (Lipinski definition) is 8. The Bertz CT molecular complexity index is 830. The maximum Gasteiger partial charge on any atom is 0.291 e. The van der Waals surface area contributed by atoms with Gasteiger partial charge in [-0.15, -0.1) is 10.1 Å². The Morgan fingerprint density at radius 3 is 2.52 bits per heavy atom. The Balaban J connectivity index is 0.000000687. The summed E-state index contributed by atoms with van der Waals surface area (Å²) in [4.78, 5) is 37.5. The van der Waals surface area contributed by atoms with Gasteiger partial charge < -0.3 is 14.8 Å². The van der Waals surface area contributed by atoms with Gasteiger partial charge in [-0.05, 0) is 36.2 Å². The van der Waals surface area contributed by atoms with Gasteiger partial charge in [0, 0.05) is 13.2 Å². The number of nitrogens with one attached hydrogen (secondary N) is 1. The number of imide groups is 1. The van der Waals surface area contributed by atoms with E-state index < -0.39 is 5.09 Å². The molecule has 1 fully saturated rings. The number of anilines is 1. The molecule has 1 unspecified atom stereocenters. The van der Waals surface area contributed by atoms with Gasteiger partial charge in [0.2, 0.25) is 5.91 Å². The number of aromatic nitrogens is 1. The number of carbonyl (C=O) groups is 2. The van der Waals surface area contributed by atoms with Crippen molar-refractivity contribution >= 4 is 28.7 Å². The van der Waals surface area contributed by atoms with E-state index in [2.05, 4.69) is 10.3 Å². The van der Waals surface area contributed by atoms with E-state index in [1.165, 1.54) is 0 Å². The molecule has 2 aromatic rings. The number of ether oxygens (including phenoxy) is 1. The first-order chi connectivity index (χ1) is 13.8. The first-order valence-corrected chi connectivity index (χ1v) is 9.42. The third-order valence-electron chi connectivity index (χ3n) is 3.85. The van der Waals surface area contributed by atoms with E-state index in [0.717, 1.165) is 35.4 Å². The van der Waals surface area contributed by atoms with Gasteiger partial charge in [0.15, 0.2) is 0 Å². The minimum Gasteiger partial charge on any atom is -0.492 e. The molecular weight excluding hydrogens is 400 g/mol. The molecule has 1 aromatic carbocycles. The lowest BCUT2D eigenvalue weighted by atomic mass is 10.1. The topological polar surface area (TPSA) is 135 Å². The van der Waals surface area contributed by atoms with Gasteiger partial charge in [-0.2, -0.15) is 0 Å². The average Bonchev–Trinajstić information content (AvgIpc) is 3.00. The maximum absolute atomic E-state index is 11.6. The van der Waals surface area contributed by atoms with E-state index >= 15 is 0 Å². The molecular formula is C18H20N4O6S. The average molecular weight is 420 g/mol. The van der Waals surface area contributed by atoms with Crippen molar-refractivity contribution in [3.8, 4) is 5.75 Å². The minimum absolute atomic E-state index is 0.215. The van der Waals surface area contributed by atoms with Crippen molar-refractivity contribution in [1.82, 2.24) is 10.3 Å². The number of likely N-dealkylation sites (N-methyl/N-ethyl adjacent to an activating group) is 1. The fourth-order valence-corrected chi connectivity index (χ4v) is 3.32. The van der Waals surface area contributed by atoms with Crippen LogP contribution in [0.3, 0.4) is 0 Å².